The Kier molecular flexibility index (Phi) is 6.81. The van der Waals surface area contributed by atoms with Crippen molar-refractivity contribution in [1.82, 2.24) is 4.31 Å². The van der Waals surface area contributed by atoms with Crippen molar-refractivity contribution in [3.8, 4) is 11.5 Å². The molecule has 0 fully saturated rings. The van der Waals surface area contributed by atoms with Gasteiger partial charge in [-0.15, -0.1) is 0 Å². The van der Waals surface area contributed by atoms with Gasteiger partial charge in [-0.2, -0.15) is 4.31 Å². The Hall–Kier alpha value is -2.09. The third-order valence-corrected chi connectivity index (χ3v) is 5.60. The van der Waals surface area contributed by atoms with Crippen molar-refractivity contribution >= 4 is 10.0 Å². The van der Waals surface area contributed by atoms with E-state index in [9.17, 15) is 8.42 Å². The molecule has 25 heavy (non-hydrogen) atoms. The molecule has 136 valence electrons. The zero-order chi connectivity index (χ0) is 18.3. The number of nitrogens with two attached hydrogens (primary N) is 1. The van der Waals surface area contributed by atoms with Crippen LogP contribution < -0.4 is 15.2 Å². The summed E-state index contributed by atoms with van der Waals surface area (Å²) in [6.45, 7) is 1.04. The van der Waals surface area contributed by atoms with Gasteiger partial charge in [-0.3, -0.25) is 0 Å². The normalized spacial score (nSPS) is 11.5. The minimum Gasteiger partial charge on any atom is -0.497 e. The van der Waals surface area contributed by atoms with E-state index < -0.39 is 10.0 Å². The molecule has 0 spiro atoms. The molecule has 0 amide bonds. The Morgan fingerprint density at radius 1 is 1.00 bits per heavy atom. The SMILES string of the molecule is COc1cc(OC)cc(S(=O)(=O)N(CCCN)Cc2ccccc2)c1. The quantitative estimate of drug-likeness (QED) is 0.738. The lowest BCUT2D eigenvalue weighted by atomic mass is 10.2. The van der Waals surface area contributed by atoms with Crippen LogP contribution in [0.15, 0.2) is 53.4 Å². The third-order valence-electron chi connectivity index (χ3n) is 3.78. The number of hydrogen-bond donors (Lipinski definition) is 1. The first-order valence-corrected chi connectivity index (χ1v) is 9.42. The lowest BCUT2D eigenvalue weighted by molar-refractivity contribution is 0.386. The molecule has 0 radical (unpaired) electrons. The molecule has 2 aromatic rings. The van der Waals surface area contributed by atoms with Gasteiger partial charge in [0, 0.05) is 31.3 Å². The molecule has 0 aromatic heterocycles. The Morgan fingerprint density at radius 2 is 1.60 bits per heavy atom. The number of benzene rings is 2. The number of hydrogen-bond acceptors (Lipinski definition) is 5. The van der Waals surface area contributed by atoms with Crippen LogP contribution in [0.3, 0.4) is 0 Å². The summed E-state index contributed by atoms with van der Waals surface area (Å²) in [7, 11) is -0.744. The van der Waals surface area contributed by atoms with E-state index in [0.29, 0.717) is 31.0 Å². The Bertz CT molecular complexity index is 757. The molecule has 2 aromatic carbocycles. The van der Waals surface area contributed by atoms with Crippen molar-refractivity contribution in [3.05, 3.63) is 54.1 Å². The van der Waals surface area contributed by atoms with E-state index in [-0.39, 0.29) is 11.4 Å². The van der Waals surface area contributed by atoms with Gasteiger partial charge in [0.15, 0.2) is 0 Å². The van der Waals surface area contributed by atoms with Crippen molar-refractivity contribution < 1.29 is 17.9 Å². The van der Waals surface area contributed by atoms with Crippen LogP contribution in [0.5, 0.6) is 11.5 Å². The van der Waals surface area contributed by atoms with E-state index in [2.05, 4.69) is 0 Å². The van der Waals surface area contributed by atoms with Gasteiger partial charge in [-0.05, 0) is 18.5 Å². The largest absolute Gasteiger partial charge is 0.497 e. The number of nitrogens with zero attached hydrogens (tertiary/aromatic N) is 1. The first-order valence-electron chi connectivity index (χ1n) is 7.98. The lowest BCUT2D eigenvalue weighted by Gasteiger charge is -2.23. The summed E-state index contributed by atoms with van der Waals surface area (Å²) in [5.74, 6) is 0.854. The maximum absolute atomic E-state index is 13.2. The Balaban J connectivity index is 2.40. The van der Waals surface area contributed by atoms with Crippen molar-refractivity contribution in [2.75, 3.05) is 27.3 Å². The van der Waals surface area contributed by atoms with E-state index in [1.54, 1.807) is 6.07 Å². The number of rotatable bonds is 9. The fraction of sp³-hybridized carbons (Fsp3) is 0.333. The zero-order valence-electron chi connectivity index (χ0n) is 14.5. The molecule has 2 N–H and O–H groups in total. The molecule has 7 heteroatoms. The maximum atomic E-state index is 13.2. The average Bonchev–Trinajstić information content (AvgIpc) is 2.65. The highest BCUT2D eigenvalue weighted by atomic mass is 32.2. The molecule has 2 rings (SSSR count). The molecule has 0 saturated heterocycles. The fourth-order valence-electron chi connectivity index (χ4n) is 2.42. The van der Waals surface area contributed by atoms with E-state index >= 15 is 0 Å². The van der Waals surface area contributed by atoms with Crippen LogP contribution in [0.1, 0.15) is 12.0 Å². The number of ether oxygens (including phenoxy) is 2. The highest BCUT2D eigenvalue weighted by molar-refractivity contribution is 7.89. The summed E-state index contributed by atoms with van der Waals surface area (Å²) in [6, 6.07) is 14.1. The minimum absolute atomic E-state index is 0.136. The third kappa shape index (κ3) is 4.94. The molecule has 6 nitrogen and oxygen atoms in total. The van der Waals surface area contributed by atoms with Crippen molar-refractivity contribution in [2.24, 2.45) is 5.73 Å². The number of methoxy groups -OCH3 is 2. The highest BCUT2D eigenvalue weighted by Crippen LogP contribution is 2.28. The second-order valence-corrected chi connectivity index (χ2v) is 7.45. The van der Waals surface area contributed by atoms with Crippen LogP contribution in [0.4, 0.5) is 0 Å². The highest BCUT2D eigenvalue weighted by Gasteiger charge is 2.25. The molecule has 0 bridgehead atoms. The smallest absolute Gasteiger partial charge is 0.243 e. The molecular formula is C18H24N2O4S. The average molecular weight is 364 g/mol. The summed E-state index contributed by atoms with van der Waals surface area (Å²) < 4.78 is 38.1. The van der Waals surface area contributed by atoms with Crippen LogP contribution in [-0.4, -0.2) is 40.0 Å². The van der Waals surface area contributed by atoms with Crippen LogP contribution in [0, 0.1) is 0 Å². The molecule has 0 aliphatic rings. The maximum Gasteiger partial charge on any atom is 0.243 e. The monoisotopic (exact) mass is 364 g/mol. The molecule has 0 saturated carbocycles. The first kappa shape index (κ1) is 19.2. The van der Waals surface area contributed by atoms with Crippen molar-refractivity contribution in [3.63, 3.8) is 0 Å². The second-order valence-electron chi connectivity index (χ2n) is 5.51. The molecular weight excluding hydrogens is 340 g/mol. The van der Waals surface area contributed by atoms with Gasteiger partial charge < -0.3 is 15.2 Å². The van der Waals surface area contributed by atoms with Gasteiger partial charge in [0.05, 0.1) is 19.1 Å². The lowest BCUT2D eigenvalue weighted by Crippen LogP contribution is -2.32. The molecule has 0 aliphatic heterocycles. The molecule has 0 unspecified atom stereocenters. The van der Waals surface area contributed by atoms with E-state index in [4.69, 9.17) is 15.2 Å². The van der Waals surface area contributed by atoms with Crippen molar-refractivity contribution in [1.29, 1.82) is 0 Å². The van der Waals surface area contributed by atoms with Gasteiger partial charge >= 0.3 is 0 Å². The van der Waals surface area contributed by atoms with Crippen LogP contribution in [0.2, 0.25) is 0 Å². The Morgan fingerprint density at radius 3 is 2.12 bits per heavy atom. The molecule has 0 heterocycles. The summed E-state index contributed by atoms with van der Waals surface area (Å²) in [4.78, 5) is 0.136. The standard InChI is InChI=1S/C18H24N2O4S/c1-23-16-11-17(24-2)13-18(12-16)25(21,22)20(10-6-9-19)14-15-7-4-3-5-8-15/h3-5,7-8,11-13H,6,9-10,14,19H2,1-2H3. The van der Waals surface area contributed by atoms with Crippen LogP contribution in [-0.2, 0) is 16.6 Å². The van der Waals surface area contributed by atoms with Crippen LogP contribution in [0.25, 0.3) is 0 Å². The Labute approximate surface area is 149 Å². The van der Waals surface area contributed by atoms with E-state index in [1.165, 1.54) is 30.7 Å². The summed E-state index contributed by atoms with van der Waals surface area (Å²) in [5, 5.41) is 0. The minimum atomic E-state index is -3.72. The topological polar surface area (TPSA) is 81.9 Å². The van der Waals surface area contributed by atoms with Gasteiger partial charge in [0.2, 0.25) is 10.0 Å². The zero-order valence-corrected chi connectivity index (χ0v) is 15.3. The van der Waals surface area contributed by atoms with Gasteiger partial charge in [0.1, 0.15) is 11.5 Å². The predicted molar refractivity (Wildman–Crippen MR) is 97.3 cm³/mol. The van der Waals surface area contributed by atoms with Crippen LogP contribution >= 0.6 is 0 Å². The summed E-state index contributed by atoms with van der Waals surface area (Å²) >= 11 is 0. The predicted octanol–water partition coefficient (Wildman–Crippen LogP) is 2.24. The van der Waals surface area contributed by atoms with Gasteiger partial charge in [-0.25, -0.2) is 8.42 Å². The van der Waals surface area contributed by atoms with E-state index in [0.717, 1.165) is 5.56 Å². The summed E-state index contributed by atoms with van der Waals surface area (Å²) in [5.41, 5.74) is 6.50. The fourth-order valence-corrected chi connectivity index (χ4v) is 3.94. The van der Waals surface area contributed by atoms with Gasteiger partial charge in [-0.1, -0.05) is 30.3 Å². The summed E-state index contributed by atoms with van der Waals surface area (Å²) in [6.07, 6.45) is 0.577. The number of sulfonamides is 1. The first-order chi connectivity index (χ1) is 12.0. The van der Waals surface area contributed by atoms with E-state index in [1.807, 2.05) is 30.3 Å². The van der Waals surface area contributed by atoms with Crippen molar-refractivity contribution in [2.45, 2.75) is 17.9 Å². The van der Waals surface area contributed by atoms with Gasteiger partial charge in [0.25, 0.3) is 0 Å². The second kappa shape index (κ2) is 8.84. The molecule has 0 atom stereocenters. The molecule has 0 aliphatic carbocycles.